The van der Waals surface area contributed by atoms with E-state index in [1.54, 1.807) is 0 Å². The van der Waals surface area contributed by atoms with Crippen LogP contribution in [0.1, 0.15) is 45.4 Å². The molecule has 0 saturated carbocycles. The number of ether oxygens (including phenoxy) is 1. The van der Waals surface area contributed by atoms with Crippen molar-refractivity contribution in [3.05, 3.63) is 0 Å². The molecule has 3 heteroatoms. The van der Waals surface area contributed by atoms with Crippen molar-refractivity contribution >= 4 is 5.97 Å². The Balaban J connectivity index is 3.37. The number of esters is 1. The van der Waals surface area contributed by atoms with Gasteiger partial charge in [-0.05, 0) is 25.2 Å². The molecule has 0 aliphatic heterocycles. The number of aliphatic hydroxyl groups is 1. The lowest BCUT2D eigenvalue weighted by Gasteiger charge is -2.11. The van der Waals surface area contributed by atoms with Gasteiger partial charge < -0.3 is 9.84 Å². The van der Waals surface area contributed by atoms with Crippen molar-refractivity contribution in [3.63, 3.8) is 0 Å². The first-order valence-electron chi connectivity index (χ1n) is 5.42. The highest BCUT2D eigenvalue weighted by Crippen LogP contribution is 2.14. The number of carbonyl (C=O) groups is 1. The van der Waals surface area contributed by atoms with E-state index in [0.29, 0.717) is 12.3 Å². The van der Waals surface area contributed by atoms with Gasteiger partial charge in [0, 0.05) is 13.0 Å². The summed E-state index contributed by atoms with van der Waals surface area (Å²) < 4.78 is 4.54. The summed E-state index contributed by atoms with van der Waals surface area (Å²) in [5.41, 5.74) is 0. The van der Waals surface area contributed by atoms with Crippen LogP contribution in [0.5, 0.6) is 0 Å². The normalized spacial score (nSPS) is 12.5. The van der Waals surface area contributed by atoms with Crippen molar-refractivity contribution in [1.29, 1.82) is 0 Å². The summed E-state index contributed by atoms with van der Waals surface area (Å²) in [6, 6.07) is 0. The molecule has 0 aliphatic carbocycles. The zero-order valence-corrected chi connectivity index (χ0v) is 9.29. The van der Waals surface area contributed by atoms with Gasteiger partial charge in [-0.3, -0.25) is 4.79 Å². The molecule has 0 aromatic heterocycles. The van der Waals surface area contributed by atoms with Crippen LogP contribution in [0.4, 0.5) is 0 Å². The summed E-state index contributed by atoms with van der Waals surface area (Å²) in [7, 11) is 1.41. The molecule has 0 aromatic carbocycles. The average Bonchev–Trinajstić information content (AvgIpc) is 2.22. The molecule has 0 rings (SSSR count). The molecular weight excluding hydrogens is 180 g/mol. The van der Waals surface area contributed by atoms with E-state index in [2.05, 4.69) is 11.7 Å². The largest absolute Gasteiger partial charge is 0.469 e. The Morgan fingerprint density at radius 3 is 2.57 bits per heavy atom. The van der Waals surface area contributed by atoms with Crippen molar-refractivity contribution in [3.8, 4) is 0 Å². The fourth-order valence-electron chi connectivity index (χ4n) is 1.54. The third-order valence-electron chi connectivity index (χ3n) is 2.43. The van der Waals surface area contributed by atoms with Gasteiger partial charge >= 0.3 is 5.97 Å². The second kappa shape index (κ2) is 9.00. The Morgan fingerprint density at radius 2 is 2.07 bits per heavy atom. The molecule has 0 fully saturated rings. The monoisotopic (exact) mass is 202 g/mol. The maximum atomic E-state index is 10.8. The van der Waals surface area contributed by atoms with E-state index in [9.17, 15) is 4.79 Å². The first kappa shape index (κ1) is 13.4. The van der Waals surface area contributed by atoms with Crippen LogP contribution >= 0.6 is 0 Å². The summed E-state index contributed by atoms with van der Waals surface area (Å²) in [4.78, 5) is 10.8. The third kappa shape index (κ3) is 6.89. The molecule has 0 unspecified atom stereocenters. The van der Waals surface area contributed by atoms with Crippen LogP contribution < -0.4 is 0 Å². The minimum Gasteiger partial charge on any atom is -0.469 e. The van der Waals surface area contributed by atoms with Gasteiger partial charge in [-0.15, -0.1) is 0 Å². The molecule has 0 bridgehead atoms. The Kier molecular flexibility index (Phi) is 8.64. The topological polar surface area (TPSA) is 46.5 Å². The van der Waals surface area contributed by atoms with Crippen LogP contribution in [-0.2, 0) is 9.53 Å². The fourth-order valence-corrected chi connectivity index (χ4v) is 1.54. The second-order valence-electron chi connectivity index (χ2n) is 3.66. The molecule has 1 N–H and O–H groups in total. The van der Waals surface area contributed by atoms with Crippen LogP contribution in [-0.4, -0.2) is 24.8 Å². The van der Waals surface area contributed by atoms with Crippen LogP contribution in [0.2, 0.25) is 0 Å². The minimum atomic E-state index is -0.138. The van der Waals surface area contributed by atoms with Gasteiger partial charge in [-0.25, -0.2) is 0 Å². The number of hydrogen-bond acceptors (Lipinski definition) is 3. The summed E-state index contributed by atoms with van der Waals surface area (Å²) in [5.74, 6) is 0.277. The van der Waals surface area contributed by atoms with Crippen molar-refractivity contribution in [2.24, 2.45) is 5.92 Å². The number of methoxy groups -OCH3 is 1. The van der Waals surface area contributed by atoms with Crippen molar-refractivity contribution < 1.29 is 14.6 Å². The number of carbonyl (C=O) groups excluding carboxylic acids is 1. The van der Waals surface area contributed by atoms with E-state index in [0.717, 1.165) is 32.1 Å². The molecule has 0 saturated heterocycles. The van der Waals surface area contributed by atoms with Gasteiger partial charge in [-0.2, -0.15) is 0 Å². The molecule has 0 aliphatic rings. The molecule has 0 radical (unpaired) electrons. The highest BCUT2D eigenvalue weighted by Gasteiger charge is 2.06. The molecule has 0 aromatic rings. The molecule has 84 valence electrons. The third-order valence-corrected chi connectivity index (χ3v) is 2.43. The smallest absolute Gasteiger partial charge is 0.305 e. The van der Waals surface area contributed by atoms with E-state index < -0.39 is 0 Å². The first-order chi connectivity index (χ1) is 6.74. The fraction of sp³-hybridized carbons (Fsp3) is 0.909. The summed E-state index contributed by atoms with van der Waals surface area (Å²) in [5, 5.41) is 9.02. The number of aliphatic hydroxyl groups excluding tert-OH is 1. The quantitative estimate of drug-likeness (QED) is 0.484. The highest BCUT2D eigenvalue weighted by molar-refractivity contribution is 5.68. The Hall–Kier alpha value is -0.570. The summed E-state index contributed by atoms with van der Waals surface area (Å²) >= 11 is 0. The molecule has 0 spiro atoms. The van der Waals surface area contributed by atoms with Crippen LogP contribution in [0.3, 0.4) is 0 Å². The van der Waals surface area contributed by atoms with E-state index in [4.69, 9.17) is 5.11 Å². The van der Waals surface area contributed by atoms with E-state index in [-0.39, 0.29) is 12.6 Å². The molecule has 3 nitrogen and oxygen atoms in total. The molecule has 14 heavy (non-hydrogen) atoms. The Labute approximate surface area is 86.5 Å². The SMILES string of the molecule is CCC[C@H](CO)CCCCC(=O)OC. The number of rotatable bonds is 8. The van der Waals surface area contributed by atoms with E-state index in [1.807, 2.05) is 0 Å². The predicted molar refractivity (Wildman–Crippen MR) is 56.0 cm³/mol. The zero-order valence-electron chi connectivity index (χ0n) is 9.29. The van der Waals surface area contributed by atoms with Gasteiger partial charge in [0.25, 0.3) is 0 Å². The van der Waals surface area contributed by atoms with Crippen LogP contribution in [0.25, 0.3) is 0 Å². The number of hydrogen-bond donors (Lipinski definition) is 1. The Morgan fingerprint density at radius 1 is 1.36 bits per heavy atom. The van der Waals surface area contributed by atoms with Gasteiger partial charge in [0.15, 0.2) is 0 Å². The van der Waals surface area contributed by atoms with Crippen molar-refractivity contribution in [1.82, 2.24) is 0 Å². The van der Waals surface area contributed by atoms with Gasteiger partial charge in [0.2, 0.25) is 0 Å². The Bertz CT molecular complexity index is 145. The van der Waals surface area contributed by atoms with Crippen molar-refractivity contribution in [2.75, 3.05) is 13.7 Å². The molecular formula is C11H22O3. The maximum Gasteiger partial charge on any atom is 0.305 e. The summed E-state index contributed by atoms with van der Waals surface area (Å²) in [6.07, 6.45) is 5.58. The van der Waals surface area contributed by atoms with Gasteiger partial charge in [0.05, 0.1) is 7.11 Å². The second-order valence-corrected chi connectivity index (χ2v) is 3.66. The molecule has 0 heterocycles. The van der Waals surface area contributed by atoms with Gasteiger partial charge in [-0.1, -0.05) is 19.8 Å². The van der Waals surface area contributed by atoms with E-state index in [1.165, 1.54) is 7.11 Å². The predicted octanol–water partition coefficient (Wildman–Crippen LogP) is 2.13. The zero-order chi connectivity index (χ0) is 10.8. The van der Waals surface area contributed by atoms with E-state index >= 15 is 0 Å². The van der Waals surface area contributed by atoms with Crippen LogP contribution in [0, 0.1) is 5.92 Å². The average molecular weight is 202 g/mol. The summed E-state index contributed by atoms with van der Waals surface area (Å²) in [6.45, 7) is 2.39. The highest BCUT2D eigenvalue weighted by atomic mass is 16.5. The van der Waals surface area contributed by atoms with Gasteiger partial charge in [0.1, 0.15) is 0 Å². The molecule has 0 amide bonds. The van der Waals surface area contributed by atoms with Crippen LogP contribution in [0.15, 0.2) is 0 Å². The van der Waals surface area contributed by atoms with Crippen molar-refractivity contribution in [2.45, 2.75) is 45.4 Å². The minimum absolute atomic E-state index is 0.138. The lowest BCUT2D eigenvalue weighted by atomic mass is 9.97. The first-order valence-corrected chi connectivity index (χ1v) is 5.42. The maximum absolute atomic E-state index is 10.8. The lowest BCUT2D eigenvalue weighted by Crippen LogP contribution is -2.06. The molecule has 1 atom stereocenters. The number of unbranched alkanes of at least 4 members (excludes halogenated alkanes) is 1. The standard InChI is InChI=1S/C11H22O3/c1-3-6-10(9-12)7-4-5-8-11(13)14-2/h10,12H,3-9H2,1-2H3/t10-/m0/s1. The lowest BCUT2D eigenvalue weighted by molar-refractivity contribution is -0.140.